The van der Waals surface area contributed by atoms with Crippen LogP contribution in [-0.2, 0) is 17.6 Å². The fraction of sp³-hybridized carbons (Fsp3) is 0.348. The number of aryl methyl sites for hydroxylation is 1. The van der Waals surface area contributed by atoms with E-state index in [9.17, 15) is 4.79 Å². The van der Waals surface area contributed by atoms with Gasteiger partial charge >= 0.3 is 0 Å². The normalized spacial score (nSPS) is 14.9. The lowest BCUT2D eigenvalue weighted by molar-refractivity contribution is -0.132. The van der Waals surface area contributed by atoms with Crippen LogP contribution in [0.3, 0.4) is 0 Å². The standard InChI is InChI=1S/C23H25N3OS/c27-22(7-6-21-17-28-23(25-21)20-8-12-24-13-9-20)26-14-10-19(11-15-26)16-18-4-2-1-3-5-18/h1-5,8-9,12-13,17,19H,6-7,10-11,14-16H2. The Labute approximate surface area is 170 Å². The third kappa shape index (κ3) is 4.84. The first kappa shape index (κ1) is 18.8. The van der Waals surface area contributed by atoms with E-state index < -0.39 is 0 Å². The zero-order chi connectivity index (χ0) is 19.2. The smallest absolute Gasteiger partial charge is 0.222 e. The molecule has 3 aromatic rings. The number of pyridine rings is 1. The molecular weight excluding hydrogens is 366 g/mol. The van der Waals surface area contributed by atoms with Gasteiger partial charge in [-0.15, -0.1) is 11.3 Å². The van der Waals surface area contributed by atoms with Gasteiger partial charge in [-0.05, 0) is 49.3 Å². The topological polar surface area (TPSA) is 46.1 Å². The largest absolute Gasteiger partial charge is 0.343 e. The third-order valence-corrected chi connectivity index (χ3v) is 6.35. The first-order valence-corrected chi connectivity index (χ1v) is 10.8. The molecule has 0 N–H and O–H groups in total. The number of piperidine rings is 1. The second-order valence-corrected chi connectivity index (χ2v) is 8.25. The minimum atomic E-state index is 0.261. The summed E-state index contributed by atoms with van der Waals surface area (Å²) in [5.41, 5.74) is 3.49. The highest BCUT2D eigenvalue weighted by molar-refractivity contribution is 7.13. The van der Waals surface area contributed by atoms with Crippen LogP contribution in [0.1, 0.15) is 30.5 Å². The van der Waals surface area contributed by atoms with Gasteiger partial charge in [0.1, 0.15) is 5.01 Å². The van der Waals surface area contributed by atoms with Crippen molar-refractivity contribution in [1.82, 2.24) is 14.9 Å². The average molecular weight is 392 g/mol. The summed E-state index contributed by atoms with van der Waals surface area (Å²) in [5, 5.41) is 3.06. The van der Waals surface area contributed by atoms with Crippen molar-refractivity contribution in [3.05, 3.63) is 71.5 Å². The maximum absolute atomic E-state index is 12.6. The molecule has 0 atom stereocenters. The van der Waals surface area contributed by atoms with Crippen LogP contribution < -0.4 is 0 Å². The molecule has 1 fully saturated rings. The molecule has 0 aliphatic carbocycles. The van der Waals surface area contributed by atoms with Gasteiger partial charge in [-0.25, -0.2) is 4.98 Å². The Hall–Kier alpha value is -2.53. The van der Waals surface area contributed by atoms with E-state index in [1.807, 2.05) is 17.0 Å². The molecule has 1 amide bonds. The molecule has 2 aromatic heterocycles. The summed E-state index contributed by atoms with van der Waals surface area (Å²) in [6, 6.07) is 14.6. The molecule has 4 rings (SSSR count). The minimum absolute atomic E-state index is 0.261. The van der Waals surface area contributed by atoms with Crippen molar-refractivity contribution in [3.63, 3.8) is 0 Å². The molecule has 1 aromatic carbocycles. The van der Waals surface area contributed by atoms with Crippen molar-refractivity contribution in [1.29, 1.82) is 0 Å². The summed E-state index contributed by atoms with van der Waals surface area (Å²) < 4.78 is 0. The predicted octanol–water partition coefficient (Wildman–Crippen LogP) is 4.62. The molecule has 0 bridgehead atoms. The lowest BCUT2D eigenvalue weighted by atomic mass is 9.90. The van der Waals surface area contributed by atoms with Crippen molar-refractivity contribution in [3.8, 4) is 10.6 Å². The maximum atomic E-state index is 12.6. The van der Waals surface area contributed by atoms with Crippen LogP contribution in [0.25, 0.3) is 10.6 Å². The van der Waals surface area contributed by atoms with Crippen molar-refractivity contribution in [2.75, 3.05) is 13.1 Å². The van der Waals surface area contributed by atoms with Gasteiger partial charge in [-0.3, -0.25) is 9.78 Å². The predicted molar refractivity (Wildman–Crippen MR) is 113 cm³/mol. The van der Waals surface area contributed by atoms with Crippen LogP contribution >= 0.6 is 11.3 Å². The van der Waals surface area contributed by atoms with Crippen molar-refractivity contribution >= 4 is 17.2 Å². The van der Waals surface area contributed by atoms with E-state index >= 15 is 0 Å². The molecule has 28 heavy (non-hydrogen) atoms. The highest BCUT2D eigenvalue weighted by atomic mass is 32.1. The number of hydrogen-bond donors (Lipinski definition) is 0. The second-order valence-electron chi connectivity index (χ2n) is 7.39. The minimum Gasteiger partial charge on any atom is -0.343 e. The summed E-state index contributed by atoms with van der Waals surface area (Å²) in [4.78, 5) is 23.4. The molecule has 5 heteroatoms. The van der Waals surface area contributed by atoms with Crippen LogP contribution in [0.15, 0.2) is 60.2 Å². The summed E-state index contributed by atoms with van der Waals surface area (Å²) in [6.07, 6.45) is 8.14. The fourth-order valence-electron chi connectivity index (χ4n) is 3.78. The average Bonchev–Trinajstić information content (AvgIpc) is 3.23. The van der Waals surface area contributed by atoms with Gasteiger partial charge in [0.15, 0.2) is 0 Å². The van der Waals surface area contributed by atoms with Crippen molar-refractivity contribution in [2.24, 2.45) is 5.92 Å². The Morgan fingerprint density at radius 3 is 2.57 bits per heavy atom. The summed E-state index contributed by atoms with van der Waals surface area (Å²) in [5.74, 6) is 0.949. The van der Waals surface area contributed by atoms with E-state index in [1.54, 1.807) is 23.7 Å². The fourth-order valence-corrected chi connectivity index (χ4v) is 4.64. The molecule has 1 aliphatic rings. The number of nitrogens with zero attached hydrogens (tertiary/aromatic N) is 3. The summed E-state index contributed by atoms with van der Waals surface area (Å²) in [6.45, 7) is 1.77. The van der Waals surface area contributed by atoms with E-state index in [-0.39, 0.29) is 5.91 Å². The number of likely N-dealkylation sites (tertiary alicyclic amines) is 1. The first-order chi connectivity index (χ1) is 13.8. The Morgan fingerprint density at radius 2 is 1.82 bits per heavy atom. The number of carbonyl (C=O) groups is 1. The van der Waals surface area contributed by atoms with E-state index in [0.29, 0.717) is 18.8 Å². The van der Waals surface area contributed by atoms with Crippen LogP contribution in [0, 0.1) is 5.92 Å². The van der Waals surface area contributed by atoms with E-state index in [4.69, 9.17) is 0 Å². The molecule has 144 valence electrons. The number of amides is 1. The molecule has 0 unspecified atom stereocenters. The van der Waals surface area contributed by atoms with E-state index in [1.165, 1.54) is 5.56 Å². The van der Waals surface area contributed by atoms with Crippen molar-refractivity contribution in [2.45, 2.75) is 32.1 Å². The molecule has 0 radical (unpaired) electrons. The maximum Gasteiger partial charge on any atom is 0.222 e. The lowest BCUT2D eigenvalue weighted by Crippen LogP contribution is -2.39. The molecule has 3 heterocycles. The van der Waals surface area contributed by atoms with E-state index in [2.05, 4.69) is 45.7 Å². The number of thiazole rings is 1. The van der Waals surface area contributed by atoms with Crippen LogP contribution in [0.2, 0.25) is 0 Å². The number of rotatable bonds is 6. The van der Waals surface area contributed by atoms with Gasteiger partial charge < -0.3 is 4.90 Å². The Morgan fingerprint density at radius 1 is 1.07 bits per heavy atom. The number of carbonyl (C=O) groups excluding carboxylic acids is 1. The Kier molecular flexibility index (Phi) is 6.12. The van der Waals surface area contributed by atoms with Gasteiger partial charge in [0.25, 0.3) is 0 Å². The molecule has 1 saturated heterocycles. The van der Waals surface area contributed by atoms with Crippen LogP contribution in [0.5, 0.6) is 0 Å². The number of benzene rings is 1. The zero-order valence-electron chi connectivity index (χ0n) is 16.0. The summed E-state index contributed by atoms with van der Waals surface area (Å²) >= 11 is 1.63. The van der Waals surface area contributed by atoms with E-state index in [0.717, 1.165) is 48.6 Å². The Bertz CT molecular complexity index is 886. The lowest BCUT2D eigenvalue weighted by Gasteiger charge is -2.32. The van der Waals surface area contributed by atoms with Crippen LogP contribution in [0.4, 0.5) is 0 Å². The highest BCUT2D eigenvalue weighted by Crippen LogP contribution is 2.25. The second kappa shape index (κ2) is 9.11. The first-order valence-electron chi connectivity index (χ1n) is 9.94. The quantitative estimate of drug-likeness (QED) is 0.616. The number of aromatic nitrogens is 2. The molecule has 4 nitrogen and oxygen atoms in total. The highest BCUT2D eigenvalue weighted by Gasteiger charge is 2.22. The number of hydrogen-bond acceptors (Lipinski definition) is 4. The molecule has 0 saturated carbocycles. The Balaban J connectivity index is 1.23. The van der Waals surface area contributed by atoms with Gasteiger partial charge in [-0.1, -0.05) is 30.3 Å². The molecule has 1 aliphatic heterocycles. The zero-order valence-corrected chi connectivity index (χ0v) is 16.8. The third-order valence-electron chi connectivity index (χ3n) is 5.41. The molecular formula is C23H25N3OS. The van der Waals surface area contributed by atoms with Crippen LogP contribution in [-0.4, -0.2) is 33.9 Å². The monoisotopic (exact) mass is 391 g/mol. The van der Waals surface area contributed by atoms with Crippen molar-refractivity contribution < 1.29 is 4.79 Å². The SMILES string of the molecule is O=C(CCc1csc(-c2ccncc2)n1)N1CCC(Cc2ccccc2)CC1. The summed E-state index contributed by atoms with van der Waals surface area (Å²) in [7, 11) is 0. The molecule has 0 spiro atoms. The van der Waals surface area contributed by atoms with Gasteiger partial charge in [0.2, 0.25) is 5.91 Å². The van der Waals surface area contributed by atoms with Gasteiger partial charge in [0, 0.05) is 42.8 Å². The van der Waals surface area contributed by atoms with Gasteiger partial charge in [0.05, 0.1) is 5.69 Å². The van der Waals surface area contributed by atoms with Gasteiger partial charge in [-0.2, -0.15) is 0 Å².